The van der Waals surface area contributed by atoms with Crippen molar-refractivity contribution in [2.24, 2.45) is 5.92 Å². The molecule has 1 N–H and O–H groups in total. The van der Waals surface area contributed by atoms with E-state index in [1.165, 1.54) is 37.3 Å². The molecule has 4 nitrogen and oxygen atoms in total. The van der Waals surface area contributed by atoms with E-state index in [0.717, 1.165) is 26.7 Å². The first-order valence-electron chi connectivity index (χ1n) is 8.06. The second-order valence-corrected chi connectivity index (χ2v) is 7.97. The Morgan fingerprint density at radius 1 is 1.39 bits per heavy atom. The summed E-state index contributed by atoms with van der Waals surface area (Å²) in [4.78, 5) is 17.0. The monoisotopic (exact) mass is 349 g/mol. The molecule has 6 heteroatoms. The molecule has 2 bridgehead atoms. The Bertz CT molecular complexity index is 739. The maximum absolute atomic E-state index is 12.6. The van der Waals surface area contributed by atoms with Crippen molar-refractivity contribution in [3.63, 3.8) is 0 Å². The Morgan fingerprint density at radius 3 is 2.83 bits per heavy atom. The number of rotatable bonds is 2. The molecule has 1 aromatic heterocycles. The van der Waals surface area contributed by atoms with Crippen molar-refractivity contribution in [2.45, 2.75) is 18.9 Å². The van der Waals surface area contributed by atoms with Gasteiger partial charge in [-0.3, -0.25) is 5.32 Å². The topological polar surface area (TPSA) is 35.6 Å². The lowest BCUT2D eigenvalue weighted by Gasteiger charge is -2.47. The fraction of sp³-hybridized carbons (Fsp3) is 0.471. The van der Waals surface area contributed by atoms with Crippen molar-refractivity contribution in [3.05, 3.63) is 29.3 Å². The van der Waals surface area contributed by atoms with Crippen molar-refractivity contribution in [1.82, 2.24) is 9.80 Å². The van der Waals surface area contributed by atoms with E-state index < -0.39 is 0 Å². The van der Waals surface area contributed by atoms with Gasteiger partial charge in [0.05, 0.1) is 14.7 Å². The molecule has 0 unspecified atom stereocenters. The molecule has 23 heavy (non-hydrogen) atoms. The zero-order valence-corrected chi connectivity index (χ0v) is 14.7. The van der Waals surface area contributed by atoms with Crippen molar-refractivity contribution in [1.29, 1.82) is 0 Å². The van der Waals surface area contributed by atoms with Crippen LogP contribution in [0.2, 0.25) is 5.02 Å². The smallest absolute Gasteiger partial charge is 0.322 e. The zero-order chi connectivity index (χ0) is 16.0. The van der Waals surface area contributed by atoms with Crippen LogP contribution in [0.25, 0.3) is 10.1 Å². The van der Waals surface area contributed by atoms with E-state index >= 15 is 0 Å². The molecule has 5 rings (SSSR count). The highest BCUT2D eigenvalue weighted by Gasteiger charge is 2.37. The summed E-state index contributed by atoms with van der Waals surface area (Å²) in [6.07, 6.45) is 2.42. The number of nitrogens with zero attached hydrogens (tertiary/aromatic N) is 2. The largest absolute Gasteiger partial charge is 0.323 e. The van der Waals surface area contributed by atoms with E-state index in [2.05, 4.69) is 10.2 Å². The first-order valence-corrected chi connectivity index (χ1v) is 9.25. The molecule has 0 saturated carbocycles. The predicted molar refractivity (Wildman–Crippen MR) is 96.6 cm³/mol. The van der Waals surface area contributed by atoms with Gasteiger partial charge in [-0.2, -0.15) is 0 Å². The highest BCUT2D eigenvalue weighted by Crippen LogP contribution is 2.35. The summed E-state index contributed by atoms with van der Waals surface area (Å²) in [6, 6.07) is 8.13. The number of piperidine rings is 3. The summed E-state index contributed by atoms with van der Waals surface area (Å²) < 4.78 is 1.02. The van der Waals surface area contributed by atoms with Crippen LogP contribution < -0.4 is 5.32 Å². The maximum Gasteiger partial charge on any atom is 0.322 e. The number of benzene rings is 1. The summed E-state index contributed by atoms with van der Waals surface area (Å²) in [5.74, 6) is 0.646. The third-order valence-electron chi connectivity index (χ3n) is 5.17. The number of amides is 2. The third kappa shape index (κ3) is 2.82. The van der Waals surface area contributed by atoms with Gasteiger partial charge in [0.25, 0.3) is 0 Å². The second-order valence-electron chi connectivity index (χ2n) is 6.52. The van der Waals surface area contributed by atoms with Gasteiger partial charge in [-0.25, -0.2) is 4.79 Å². The highest BCUT2D eigenvalue weighted by atomic mass is 35.5. The number of hydrogen-bond donors (Lipinski definition) is 1. The molecule has 4 heterocycles. The minimum Gasteiger partial charge on any atom is -0.323 e. The summed E-state index contributed by atoms with van der Waals surface area (Å²) >= 11 is 7.75. The second kappa shape index (κ2) is 5.96. The van der Waals surface area contributed by atoms with Crippen molar-refractivity contribution < 1.29 is 4.79 Å². The first-order chi connectivity index (χ1) is 11.1. The Balaban J connectivity index is 1.49. The minimum absolute atomic E-state index is 0.0218. The summed E-state index contributed by atoms with van der Waals surface area (Å²) in [5, 5.41) is 5.70. The number of thiophene rings is 1. The van der Waals surface area contributed by atoms with E-state index in [-0.39, 0.29) is 6.03 Å². The standard InChI is InChI=1S/C17H20ClN3OS/c1-20(14-10-21-7-5-11(14)6-8-21)17(22)19-15-9-12-3-2-4-13(18)16(12)23-15/h2-4,9,11,14H,5-8,10H2,1H3,(H,19,22)/t14-/m0/s1. The molecule has 3 fully saturated rings. The number of nitrogens with one attached hydrogen (secondary N) is 1. The molecular formula is C17H20ClN3OS. The number of carbonyl (C=O) groups excluding carboxylic acids is 1. The molecule has 3 saturated heterocycles. The fourth-order valence-electron chi connectivity index (χ4n) is 3.81. The Morgan fingerprint density at radius 2 is 2.17 bits per heavy atom. The van der Waals surface area contributed by atoms with Crippen LogP contribution in [-0.2, 0) is 0 Å². The number of hydrogen-bond acceptors (Lipinski definition) is 3. The van der Waals surface area contributed by atoms with Gasteiger partial charge in [-0.05, 0) is 49.4 Å². The first kappa shape index (κ1) is 15.2. The molecule has 122 valence electrons. The van der Waals surface area contributed by atoms with E-state index in [4.69, 9.17) is 11.6 Å². The summed E-state index contributed by atoms with van der Waals surface area (Å²) in [6.45, 7) is 3.38. The molecule has 0 aliphatic carbocycles. The van der Waals surface area contributed by atoms with Gasteiger partial charge in [-0.1, -0.05) is 23.7 Å². The fourth-order valence-corrected chi connectivity index (χ4v) is 5.06. The SMILES string of the molecule is CN(C(=O)Nc1cc2cccc(Cl)c2s1)[C@H]1CN2CCC1CC2. The van der Waals surface area contributed by atoms with Crippen LogP contribution in [0.5, 0.6) is 0 Å². The lowest BCUT2D eigenvalue weighted by Crippen LogP contribution is -2.58. The molecule has 0 radical (unpaired) electrons. The van der Waals surface area contributed by atoms with Crippen LogP contribution in [-0.4, -0.2) is 48.6 Å². The molecular weight excluding hydrogens is 330 g/mol. The van der Waals surface area contributed by atoms with Crippen molar-refractivity contribution in [2.75, 3.05) is 32.0 Å². The van der Waals surface area contributed by atoms with E-state index in [1.54, 1.807) is 0 Å². The van der Waals surface area contributed by atoms with Gasteiger partial charge in [0, 0.05) is 19.6 Å². The van der Waals surface area contributed by atoms with E-state index in [9.17, 15) is 4.79 Å². The molecule has 1 atom stereocenters. The number of urea groups is 1. The molecule has 3 aliphatic rings. The summed E-state index contributed by atoms with van der Waals surface area (Å²) in [7, 11) is 1.92. The average Bonchev–Trinajstić information content (AvgIpc) is 2.99. The van der Waals surface area contributed by atoms with Crippen LogP contribution in [0.1, 0.15) is 12.8 Å². The molecule has 1 aromatic carbocycles. The van der Waals surface area contributed by atoms with Gasteiger partial charge in [0.15, 0.2) is 0 Å². The maximum atomic E-state index is 12.6. The van der Waals surface area contributed by atoms with Crippen LogP contribution in [0.4, 0.5) is 9.80 Å². The number of likely N-dealkylation sites (N-methyl/N-ethyl adjacent to an activating group) is 1. The van der Waals surface area contributed by atoms with Crippen molar-refractivity contribution >= 4 is 44.1 Å². The Hall–Kier alpha value is -1.30. The Labute approximate surface area is 145 Å². The van der Waals surface area contributed by atoms with Gasteiger partial charge in [0.1, 0.15) is 0 Å². The van der Waals surface area contributed by atoms with Crippen LogP contribution in [0.3, 0.4) is 0 Å². The third-order valence-corrected chi connectivity index (χ3v) is 6.69. The van der Waals surface area contributed by atoms with Gasteiger partial charge < -0.3 is 9.80 Å². The molecule has 0 spiro atoms. The zero-order valence-electron chi connectivity index (χ0n) is 13.1. The van der Waals surface area contributed by atoms with Gasteiger partial charge in [0.2, 0.25) is 0 Å². The minimum atomic E-state index is -0.0218. The lowest BCUT2D eigenvalue weighted by atomic mass is 9.83. The number of carbonyl (C=O) groups is 1. The van der Waals surface area contributed by atoms with Crippen LogP contribution in [0, 0.1) is 5.92 Å². The van der Waals surface area contributed by atoms with Crippen LogP contribution >= 0.6 is 22.9 Å². The van der Waals surface area contributed by atoms with Crippen molar-refractivity contribution in [3.8, 4) is 0 Å². The average molecular weight is 350 g/mol. The molecule has 3 aliphatic heterocycles. The molecule has 2 amide bonds. The van der Waals surface area contributed by atoms with Gasteiger partial charge in [-0.15, -0.1) is 11.3 Å². The predicted octanol–water partition coefficient (Wildman–Crippen LogP) is 4.11. The van der Waals surface area contributed by atoms with E-state index in [0.29, 0.717) is 12.0 Å². The number of fused-ring (bicyclic) bond motifs is 4. The highest BCUT2D eigenvalue weighted by molar-refractivity contribution is 7.23. The quantitative estimate of drug-likeness (QED) is 0.885. The molecule has 2 aromatic rings. The van der Waals surface area contributed by atoms with Gasteiger partial charge >= 0.3 is 6.03 Å². The normalized spacial score (nSPS) is 26.4. The lowest BCUT2D eigenvalue weighted by molar-refractivity contribution is 0.0336. The van der Waals surface area contributed by atoms with Crippen LogP contribution in [0.15, 0.2) is 24.3 Å². The number of anilines is 1. The summed E-state index contributed by atoms with van der Waals surface area (Å²) in [5.41, 5.74) is 0. The number of halogens is 1. The van der Waals surface area contributed by atoms with E-state index in [1.807, 2.05) is 36.2 Å². The Kier molecular flexibility index (Phi) is 3.95.